The molecule has 2 nitrogen and oxygen atoms in total. The first-order valence-corrected chi connectivity index (χ1v) is 7.29. The molecule has 0 aromatic heterocycles. The Kier molecular flexibility index (Phi) is 5.50. The zero-order chi connectivity index (χ0) is 12.9. The summed E-state index contributed by atoms with van der Waals surface area (Å²) in [5, 5.41) is 3.42. The molecule has 17 heavy (non-hydrogen) atoms. The molecule has 0 fully saturated rings. The van der Waals surface area contributed by atoms with E-state index in [0.29, 0.717) is 0 Å². The zero-order valence-electron chi connectivity index (χ0n) is 11.3. The van der Waals surface area contributed by atoms with Crippen molar-refractivity contribution >= 4 is 11.8 Å². The molecule has 0 spiro atoms. The van der Waals surface area contributed by atoms with Crippen LogP contribution in [-0.4, -0.2) is 25.4 Å². The third-order valence-corrected chi connectivity index (χ3v) is 3.65. The molecule has 1 aromatic carbocycles. The molecule has 3 heteroatoms. The van der Waals surface area contributed by atoms with Gasteiger partial charge in [0.2, 0.25) is 0 Å². The highest BCUT2D eigenvalue weighted by Gasteiger charge is 2.19. The number of thioether (sulfide) groups is 1. The van der Waals surface area contributed by atoms with Gasteiger partial charge >= 0.3 is 0 Å². The maximum Gasteiger partial charge on any atom is 0.0136 e. The summed E-state index contributed by atoms with van der Waals surface area (Å²) in [6.07, 6.45) is 2.10. The number of hydrogen-bond donors (Lipinski definition) is 2. The summed E-state index contributed by atoms with van der Waals surface area (Å²) in [5.41, 5.74) is 7.25. The number of rotatable bonds is 6. The molecule has 0 saturated heterocycles. The van der Waals surface area contributed by atoms with Gasteiger partial charge in [-0.15, -0.1) is 11.8 Å². The second kappa shape index (κ2) is 6.43. The molecule has 3 N–H and O–H groups in total. The van der Waals surface area contributed by atoms with Gasteiger partial charge in [0, 0.05) is 29.4 Å². The molecular formula is C14H24N2S. The van der Waals surface area contributed by atoms with Crippen molar-refractivity contribution in [1.82, 2.24) is 5.32 Å². The number of nitrogens with one attached hydrogen (secondary N) is 1. The van der Waals surface area contributed by atoms with E-state index in [1.165, 1.54) is 10.5 Å². The van der Waals surface area contributed by atoms with Crippen LogP contribution in [0.4, 0.5) is 0 Å². The number of nitrogens with two attached hydrogens (primary N) is 1. The lowest BCUT2D eigenvalue weighted by molar-refractivity contribution is 0.458. The zero-order valence-corrected chi connectivity index (χ0v) is 12.1. The van der Waals surface area contributed by atoms with Crippen molar-refractivity contribution in [1.29, 1.82) is 0 Å². The van der Waals surface area contributed by atoms with Crippen LogP contribution in [0.25, 0.3) is 0 Å². The summed E-state index contributed by atoms with van der Waals surface area (Å²) in [6, 6.07) is 9.03. The third kappa shape index (κ3) is 4.70. The Morgan fingerprint density at radius 2 is 1.88 bits per heavy atom. The molecule has 0 amide bonds. The monoisotopic (exact) mass is 252 g/mol. The Bertz CT molecular complexity index is 331. The first kappa shape index (κ1) is 14.6. The highest BCUT2D eigenvalue weighted by atomic mass is 32.2. The molecule has 96 valence electrons. The molecule has 0 saturated carbocycles. The number of hydrogen-bond acceptors (Lipinski definition) is 3. The van der Waals surface area contributed by atoms with Crippen LogP contribution in [0, 0.1) is 0 Å². The fraction of sp³-hybridized carbons (Fsp3) is 0.571. The predicted molar refractivity (Wildman–Crippen MR) is 77.8 cm³/mol. The largest absolute Gasteiger partial charge is 0.327 e. The fourth-order valence-corrected chi connectivity index (χ4v) is 2.16. The number of benzene rings is 1. The van der Waals surface area contributed by atoms with Crippen LogP contribution in [0.5, 0.6) is 0 Å². The third-order valence-electron chi connectivity index (χ3n) is 2.90. The van der Waals surface area contributed by atoms with E-state index in [2.05, 4.69) is 49.7 Å². The quantitative estimate of drug-likeness (QED) is 0.764. The fourth-order valence-electron chi connectivity index (χ4n) is 1.76. The van der Waals surface area contributed by atoms with E-state index in [-0.39, 0.29) is 11.5 Å². The van der Waals surface area contributed by atoms with E-state index >= 15 is 0 Å². The first-order valence-electron chi connectivity index (χ1n) is 6.06. The van der Waals surface area contributed by atoms with Crippen molar-refractivity contribution in [3.63, 3.8) is 0 Å². The average molecular weight is 252 g/mol. The molecule has 1 aromatic rings. The molecule has 1 rings (SSSR count). The van der Waals surface area contributed by atoms with E-state index in [9.17, 15) is 0 Å². The van der Waals surface area contributed by atoms with Gasteiger partial charge in [-0.1, -0.05) is 26.0 Å². The van der Waals surface area contributed by atoms with Gasteiger partial charge in [0.1, 0.15) is 0 Å². The normalized spacial score (nSPS) is 13.7. The van der Waals surface area contributed by atoms with Gasteiger partial charge in [-0.3, -0.25) is 0 Å². The van der Waals surface area contributed by atoms with Crippen molar-refractivity contribution in [2.24, 2.45) is 5.73 Å². The predicted octanol–water partition coefficient (Wildman–Crippen LogP) is 2.62. The van der Waals surface area contributed by atoms with Crippen LogP contribution in [0.1, 0.15) is 26.3 Å². The molecule has 0 aliphatic carbocycles. The van der Waals surface area contributed by atoms with Gasteiger partial charge in [-0.25, -0.2) is 0 Å². The van der Waals surface area contributed by atoms with Gasteiger partial charge in [-0.05, 0) is 30.9 Å². The highest BCUT2D eigenvalue weighted by molar-refractivity contribution is 7.98. The van der Waals surface area contributed by atoms with Crippen LogP contribution < -0.4 is 11.1 Å². The first-order chi connectivity index (χ1) is 7.95. The minimum atomic E-state index is 0.145. The molecule has 0 aliphatic heterocycles. The summed E-state index contributed by atoms with van der Waals surface area (Å²) >= 11 is 1.78. The Labute approximate surface area is 109 Å². The molecule has 0 heterocycles. The van der Waals surface area contributed by atoms with Crippen molar-refractivity contribution in [3.05, 3.63) is 29.8 Å². The minimum absolute atomic E-state index is 0.145. The molecule has 0 bridgehead atoms. The van der Waals surface area contributed by atoms with Gasteiger partial charge in [0.25, 0.3) is 0 Å². The Hall–Kier alpha value is -0.510. The van der Waals surface area contributed by atoms with E-state index in [1.54, 1.807) is 11.8 Å². The van der Waals surface area contributed by atoms with Crippen molar-refractivity contribution in [2.75, 3.05) is 19.3 Å². The van der Waals surface area contributed by atoms with Crippen LogP contribution in [-0.2, 0) is 5.41 Å². The molecular weight excluding hydrogens is 228 g/mol. The molecule has 1 unspecified atom stereocenters. The lowest BCUT2D eigenvalue weighted by atomic mass is 9.84. The molecule has 0 radical (unpaired) electrons. The van der Waals surface area contributed by atoms with Gasteiger partial charge in [-0.2, -0.15) is 0 Å². The van der Waals surface area contributed by atoms with Crippen molar-refractivity contribution in [3.8, 4) is 0 Å². The summed E-state index contributed by atoms with van der Waals surface area (Å²) in [4.78, 5) is 1.31. The van der Waals surface area contributed by atoms with Crippen molar-refractivity contribution in [2.45, 2.75) is 37.1 Å². The van der Waals surface area contributed by atoms with Gasteiger partial charge in [0.05, 0.1) is 0 Å². The molecule has 0 aliphatic rings. The Balaban J connectivity index is 2.61. The second-order valence-electron chi connectivity index (χ2n) is 5.22. The second-order valence-corrected chi connectivity index (χ2v) is 6.10. The van der Waals surface area contributed by atoms with Gasteiger partial charge in [0.15, 0.2) is 0 Å². The van der Waals surface area contributed by atoms with E-state index in [0.717, 1.165) is 13.1 Å². The van der Waals surface area contributed by atoms with E-state index in [1.807, 2.05) is 6.92 Å². The molecule has 1 atom stereocenters. The topological polar surface area (TPSA) is 38.0 Å². The average Bonchev–Trinajstić information content (AvgIpc) is 2.28. The summed E-state index contributed by atoms with van der Waals surface area (Å²) < 4.78 is 0. The maximum atomic E-state index is 5.73. The summed E-state index contributed by atoms with van der Waals surface area (Å²) in [6.45, 7) is 8.36. The lowest BCUT2D eigenvalue weighted by Crippen LogP contribution is -2.38. The van der Waals surface area contributed by atoms with Gasteiger partial charge < -0.3 is 11.1 Å². The van der Waals surface area contributed by atoms with Crippen LogP contribution >= 0.6 is 11.8 Å². The SMILES string of the molecule is CSc1ccc(C(C)(C)CNCC(C)N)cc1. The van der Waals surface area contributed by atoms with Crippen LogP contribution in [0.15, 0.2) is 29.2 Å². The maximum absolute atomic E-state index is 5.73. The Morgan fingerprint density at radius 1 is 1.29 bits per heavy atom. The Morgan fingerprint density at radius 3 is 2.35 bits per heavy atom. The van der Waals surface area contributed by atoms with Crippen LogP contribution in [0.3, 0.4) is 0 Å². The standard InChI is InChI=1S/C14H24N2S/c1-11(15)9-16-10-14(2,3)12-5-7-13(17-4)8-6-12/h5-8,11,16H,9-10,15H2,1-4H3. The van der Waals surface area contributed by atoms with Crippen molar-refractivity contribution < 1.29 is 0 Å². The smallest absolute Gasteiger partial charge is 0.0136 e. The highest BCUT2D eigenvalue weighted by Crippen LogP contribution is 2.24. The van der Waals surface area contributed by atoms with Crippen LogP contribution in [0.2, 0.25) is 0 Å². The van der Waals surface area contributed by atoms with E-state index < -0.39 is 0 Å². The van der Waals surface area contributed by atoms with E-state index in [4.69, 9.17) is 5.73 Å². The summed E-state index contributed by atoms with van der Waals surface area (Å²) in [7, 11) is 0. The minimum Gasteiger partial charge on any atom is -0.327 e. The lowest BCUT2D eigenvalue weighted by Gasteiger charge is -2.26. The summed E-state index contributed by atoms with van der Waals surface area (Å²) in [5.74, 6) is 0.